The van der Waals surface area contributed by atoms with E-state index in [1.807, 2.05) is 6.92 Å². The first kappa shape index (κ1) is 19.1. The Bertz CT molecular complexity index is 972. The molecule has 3 rings (SSSR count). The van der Waals surface area contributed by atoms with Crippen LogP contribution in [0.1, 0.15) is 5.56 Å². The van der Waals surface area contributed by atoms with Crippen LogP contribution in [0.2, 0.25) is 5.02 Å². The second-order valence-electron chi connectivity index (χ2n) is 5.76. The van der Waals surface area contributed by atoms with Gasteiger partial charge in [0, 0.05) is 11.1 Å². The van der Waals surface area contributed by atoms with Gasteiger partial charge in [-0.05, 0) is 36.8 Å². The number of halogens is 2. The summed E-state index contributed by atoms with van der Waals surface area (Å²) < 4.78 is 10.4. The third kappa shape index (κ3) is 3.46. The molecule has 0 radical (unpaired) electrons. The summed E-state index contributed by atoms with van der Waals surface area (Å²) in [6.45, 7) is 1.83. The smallest absolute Gasteiger partial charge is 0.283 e. The van der Waals surface area contributed by atoms with Crippen LogP contribution in [0.3, 0.4) is 0 Å². The number of hydrogen-bond donors (Lipinski definition) is 1. The van der Waals surface area contributed by atoms with Gasteiger partial charge in [0.05, 0.1) is 25.6 Å². The van der Waals surface area contributed by atoms with Crippen LogP contribution in [-0.2, 0) is 9.59 Å². The van der Waals surface area contributed by atoms with Gasteiger partial charge in [-0.2, -0.15) is 0 Å². The van der Waals surface area contributed by atoms with E-state index in [9.17, 15) is 9.59 Å². The summed E-state index contributed by atoms with van der Waals surface area (Å²) in [5.41, 5.74) is 1.61. The third-order valence-electron chi connectivity index (χ3n) is 4.11. The predicted molar refractivity (Wildman–Crippen MR) is 105 cm³/mol. The normalized spacial score (nSPS) is 14.0. The number of nitrogens with zero attached hydrogens (tertiary/aromatic N) is 1. The number of anilines is 2. The zero-order chi connectivity index (χ0) is 19.7. The summed E-state index contributed by atoms with van der Waals surface area (Å²) in [5, 5.41) is 3.12. The van der Waals surface area contributed by atoms with Gasteiger partial charge in [-0.1, -0.05) is 29.3 Å². The van der Waals surface area contributed by atoms with Gasteiger partial charge in [-0.25, -0.2) is 4.90 Å². The quantitative estimate of drug-likeness (QED) is 0.756. The number of nitrogens with one attached hydrogen (secondary N) is 1. The number of methoxy groups -OCH3 is 2. The van der Waals surface area contributed by atoms with Gasteiger partial charge in [0.15, 0.2) is 0 Å². The second-order valence-corrected chi connectivity index (χ2v) is 6.54. The van der Waals surface area contributed by atoms with Crippen molar-refractivity contribution in [2.24, 2.45) is 0 Å². The van der Waals surface area contributed by atoms with Crippen molar-refractivity contribution in [3.8, 4) is 11.5 Å². The van der Waals surface area contributed by atoms with Gasteiger partial charge in [-0.15, -0.1) is 0 Å². The van der Waals surface area contributed by atoms with E-state index in [0.29, 0.717) is 27.9 Å². The van der Waals surface area contributed by atoms with Gasteiger partial charge < -0.3 is 14.8 Å². The molecule has 1 heterocycles. The van der Waals surface area contributed by atoms with Crippen molar-refractivity contribution in [1.29, 1.82) is 0 Å². The molecule has 0 saturated heterocycles. The van der Waals surface area contributed by atoms with Crippen molar-refractivity contribution in [2.75, 3.05) is 24.4 Å². The molecule has 2 amide bonds. The van der Waals surface area contributed by atoms with E-state index in [1.54, 1.807) is 36.4 Å². The monoisotopic (exact) mass is 406 g/mol. The summed E-state index contributed by atoms with van der Waals surface area (Å²) in [4.78, 5) is 26.4. The van der Waals surface area contributed by atoms with E-state index in [4.69, 9.17) is 32.7 Å². The van der Waals surface area contributed by atoms with E-state index in [-0.39, 0.29) is 10.7 Å². The Hall–Kier alpha value is -2.70. The molecule has 0 saturated carbocycles. The number of ether oxygens (including phenoxy) is 2. The summed E-state index contributed by atoms with van der Waals surface area (Å²) in [6.07, 6.45) is 0. The van der Waals surface area contributed by atoms with Crippen molar-refractivity contribution in [3.05, 3.63) is 57.7 Å². The fraction of sp³-hybridized carbons (Fsp3) is 0.158. The Kier molecular flexibility index (Phi) is 5.30. The molecular formula is C19H16Cl2N2O4. The molecule has 1 aliphatic heterocycles. The maximum Gasteiger partial charge on any atom is 0.283 e. The van der Waals surface area contributed by atoms with Gasteiger partial charge in [0.2, 0.25) is 0 Å². The van der Waals surface area contributed by atoms with Crippen molar-refractivity contribution in [3.63, 3.8) is 0 Å². The van der Waals surface area contributed by atoms with Crippen LogP contribution in [0.5, 0.6) is 11.5 Å². The van der Waals surface area contributed by atoms with E-state index < -0.39 is 11.8 Å². The highest BCUT2D eigenvalue weighted by atomic mass is 35.5. The molecule has 0 aromatic heterocycles. The van der Waals surface area contributed by atoms with E-state index in [2.05, 4.69) is 5.32 Å². The molecule has 6 nitrogen and oxygen atoms in total. The Labute approximate surface area is 166 Å². The summed E-state index contributed by atoms with van der Waals surface area (Å²) in [7, 11) is 3.02. The van der Waals surface area contributed by atoms with E-state index >= 15 is 0 Å². The molecule has 0 spiro atoms. The number of hydrogen-bond acceptors (Lipinski definition) is 5. The Morgan fingerprint density at radius 1 is 0.963 bits per heavy atom. The van der Waals surface area contributed by atoms with Crippen LogP contribution in [-0.4, -0.2) is 26.0 Å². The van der Waals surface area contributed by atoms with Crippen LogP contribution in [0.15, 0.2) is 47.1 Å². The number of rotatable bonds is 5. The molecule has 2 aromatic rings. The molecule has 1 N–H and O–H groups in total. The fourth-order valence-electron chi connectivity index (χ4n) is 2.60. The molecule has 1 aliphatic rings. The number of benzene rings is 2. The molecule has 2 aromatic carbocycles. The van der Waals surface area contributed by atoms with Gasteiger partial charge in [-0.3, -0.25) is 9.59 Å². The molecule has 0 fully saturated rings. The van der Waals surface area contributed by atoms with E-state index in [1.165, 1.54) is 14.2 Å². The zero-order valence-electron chi connectivity index (χ0n) is 14.8. The van der Waals surface area contributed by atoms with Gasteiger partial charge in [0.1, 0.15) is 22.2 Å². The Balaban J connectivity index is 1.94. The van der Waals surface area contributed by atoms with E-state index in [0.717, 1.165) is 10.5 Å². The average Bonchev–Trinajstić information content (AvgIpc) is 2.87. The minimum atomic E-state index is -0.628. The Morgan fingerprint density at radius 2 is 1.70 bits per heavy atom. The lowest BCUT2D eigenvalue weighted by molar-refractivity contribution is -0.120. The molecule has 140 valence electrons. The van der Waals surface area contributed by atoms with Crippen LogP contribution >= 0.6 is 23.2 Å². The Morgan fingerprint density at radius 3 is 2.33 bits per heavy atom. The lowest BCUT2D eigenvalue weighted by Crippen LogP contribution is -2.32. The van der Waals surface area contributed by atoms with Crippen molar-refractivity contribution >= 4 is 46.4 Å². The molecular weight excluding hydrogens is 391 g/mol. The van der Waals surface area contributed by atoms with Crippen LogP contribution in [0.4, 0.5) is 11.4 Å². The fourth-order valence-corrected chi connectivity index (χ4v) is 2.99. The first-order chi connectivity index (χ1) is 12.9. The first-order valence-electron chi connectivity index (χ1n) is 7.91. The van der Waals surface area contributed by atoms with Crippen LogP contribution < -0.4 is 19.7 Å². The molecule has 0 aliphatic carbocycles. The lowest BCUT2D eigenvalue weighted by atomic mass is 10.2. The number of carbonyl (C=O) groups excluding carboxylic acids is 2. The molecule has 27 heavy (non-hydrogen) atoms. The highest BCUT2D eigenvalue weighted by Gasteiger charge is 2.39. The van der Waals surface area contributed by atoms with Crippen LogP contribution in [0, 0.1) is 6.92 Å². The summed E-state index contributed by atoms with van der Waals surface area (Å²) in [6, 6.07) is 9.92. The lowest BCUT2D eigenvalue weighted by Gasteiger charge is -2.16. The van der Waals surface area contributed by atoms with Crippen molar-refractivity contribution < 1.29 is 19.1 Å². The third-order valence-corrected chi connectivity index (χ3v) is 4.87. The maximum absolute atomic E-state index is 12.8. The number of aryl methyl sites for hydroxylation is 1. The van der Waals surface area contributed by atoms with Gasteiger partial charge in [0.25, 0.3) is 11.8 Å². The van der Waals surface area contributed by atoms with Crippen molar-refractivity contribution in [2.45, 2.75) is 6.92 Å². The highest BCUT2D eigenvalue weighted by molar-refractivity contribution is 6.53. The number of carbonyl (C=O) groups is 2. The van der Waals surface area contributed by atoms with Gasteiger partial charge >= 0.3 is 0 Å². The number of imide groups is 1. The molecule has 8 heteroatoms. The SMILES string of the molecule is COc1ccc(NC2=C(Cl)C(=O)N(c3ccc(C)c(Cl)c3)C2=O)c(OC)c1. The van der Waals surface area contributed by atoms with Crippen molar-refractivity contribution in [1.82, 2.24) is 0 Å². The summed E-state index contributed by atoms with van der Waals surface area (Å²) in [5.74, 6) is -0.190. The van der Waals surface area contributed by atoms with Crippen LogP contribution in [0.25, 0.3) is 0 Å². The molecule has 0 atom stereocenters. The molecule has 0 bridgehead atoms. The minimum Gasteiger partial charge on any atom is -0.497 e. The highest BCUT2D eigenvalue weighted by Crippen LogP contribution is 2.35. The minimum absolute atomic E-state index is 0.0400. The zero-order valence-corrected chi connectivity index (χ0v) is 16.3. The first-order valence-corrected chi connectivity index (χ1v) is 8.66. The largest absolute Gasteiger partial charge is 0.497 e. The molecule has 0 unspecified atom stereocenters. The predicted octanol–water partition coefficient (Wildman–Crippen LogP) is 4.10. The second kappa shape index (κ2) is 7.50. The maximum atomic E-state index is 12.8. The summed E-state index contributed by atoms with van der Waals surface area (Å²) >= 11 is 12.3. The standard InChI is InChI=1S/C19H16Cl2N2O4/c1-10-4-5-11(8-13(10)20)23-18(24)16(21)17(19(23)25)22-14-7-6-12(26-2)9-15(14)27-3/h4-9,22H,1-3H3. The average molecular weight is 407 g/mol. The topological polar surface area (TPSA) is 67.9 Å². The number of amides is 2.